The first kappa shape index (κ1) is 14.4. The van der Waals surface area contributed by atoms with Crippen LogP contribution in [0.15, 0.2) is 24.3 Å². The van der Waals surface area contributed by atoms with Gasteiger partial charge in [0.05, 0.1) is 12.3 Å². The molecule has 0 fully saturated rings. The Hall–Kier alpha value is -1.69. The van der Waals surface area contributed by atoms with Crippen LogP contribution in [0.2, 0.25) is 0 Å². The van der Waals surface area contributed by atoms with Gasteiger partial charge >= 0.3 is 6.09 Å². The first-order valence-electron chi connectivity index (χ1n) is 5.48. The summed E-state index contributed by atoms with van der Waals surface area (Å²) in [6, 6.07) is 6.03. The molecule has 0 aromatic heterocycles. The van der Waals surface area contributed by atoms with Gasteiger partial charge in [0.15, 0.2) is 5.11 Å². The lowest BCUT2D eigenvalue weighted by Crippen LogP contribution is -2.35. The molecule has 2 N–H and O–H groups in total. The van der Waals surface area contributed by atoms with Crippen molar-refractivity contribution in [1.29, 1.82) is 0 Å². The van der Waals surface area contributed by atoms with Crippen molar-refractivity contribution < 1.29 is 13.9 Å². The Kier molecular flexibility index (Phi) is 5.51. The lowest BCUT2D eigenvalue weighted by molar-refractivity contribution is 0.138. The molecule has 1 aromatic rings. The Labute approximate surface area is 111 Å². The smallest absolute Gasteiger partial charge is 0.413 e. The van der Waals surface area contributed by atoms with Gasteiger partial charge in [-0.05, 0) is 30.3 Å². The number of ether oxygens (including phenoxy) is 1. The first-order valence-corrected chi connectivity index (χ1v) is 5.89. The number of benzene rings is 1. The number of hydrogen-bond acceptors (Lipinski definition) is 3. The van der Waals surface area contributed by atoms with Crippen LogP contribution in [0.25, 0.3) is 0 Å². The fourth-order valence-electron chi connectivity index (χ4n) is 1.09. The van der Waals surface area contributed by atoms with Crippen molar-refractivity contribution in [2.24, 2.45) is 5.92 Å². The zero-order valence-electron chi connectivity index (χ0n) is 10.2. The van der Waals surface area contributed by atoms with Gasteiger partial charge < -0.3 is 10.1 Å². The van der Waals surface area contributed by atoms with Gasteiger partial charge in [0.2, 0.25) is 0 Å². The van der Waals surface area contributed by atoms with Crippen LogP contribution in [0.5, 0.6) is 0 Å². The van der Waals surface area contributed by atoms with Crippen molar-refractivity contribution in [1.82, 2.24) is 5.32 Å². The second-order valence-electron chi connectivity index (χ2n) is 4.05. The molecule has 0 heterocycles. The van der Waals surface area contributed by atoms with Crippen LogP contribution < -0.4 is 10.6 Å². The number of carbonyl (C=O) groups is 1. The Morgan fingerprint density at radius 3 is 2.72 bits per heavy atom. The molecule has 6 heteroatoms. The van der Waals surface area contributed by atoms with Gasteiger partial charge in [-0.25, -0.2) is 9.18 Å². The van der Waals surface area contributed by atoms with Crippen LogP contribution in [0.1, 0.15) is 13.8 Å². The highest BCUT2D eigenvalue weighted by atomic mass is 32.1. The minimum Gasteiger partial charge on any atom is -0.449 e. The summed E-state index contributed by atoms with van der Waals surface area (Å²) >= 11 is 4.86. The van der Waals surface area contributed by atoms with E-state index in [0.717, 1.165) is 0 Å². The summed E-state index contributed by atoms with van der Waals surface area (Å²) < 4.78 is 18.1. The van der Waals surface area contributed by atoms with E-state index in [4.69, 9.17) is 17.0 Å². The normalized spacial score (nSPS) is 10.0. The van der Waals surface area contributed by atoms with Gasteiger partial charge in [-0.3, -0.25) is 5.32 Å². The van der Waals surface area contributed by atoms with Crippen molar-refractivity contribution in [3.05, 3.63) is 30.1 Å². The summed E-state index contributed by atoms with van der Waals surface area (Å²) in [5.41, 5.74) is 0.201. The van der Waals surface area contributed by atoms with Crippen LogP contribution in [0.4, 0.5) is 14.9 Å². The molecule has 1 aromatic carbocycles. The van der Waals surface area contributed by atoms with Crippen LogP contribution in [0, 0.1) is 11.7 Å². The standard InChI is InChI=1S/C12H15FN2O2S/c1-8(2)7-17-12(16)15-11(18)14-10-6-4-3-5-9(10)13/h3-6,8H,7H2,1-2H3,(H2,14,15,16,18). The fraction of sp³-hybridized carbons (Fsp3) is 0.333. The number of para-hydroxylation sites is 1. The summed E-state index contributed by atoms with van der Waals surface area (Å²) in [5, 5.41) is 4.87. The van der Waals surface area contributed by atoms with E-state index in [1.807, 2.05) is 13.8 Å². The highest BCUT2D eigenvalue weighted by Gasteiger charge is 2.08. The Balaban J connectivity index is 2.42. The van der Waals surface area contributed by atoms with E-state index in [1.165, 1.54) is 12.1 Å². The second kappa shape index (κ2) is 6.90. The number of carbonyl (C=O) groups excluding carboxylic acids is 1. The number of hydrogen-bond donors (Lipinski definition) is 2. The third-order valence-corrected chi connectivity index (χ3v) is 2.09. The molecule has 0 unspecified atom stereocenters. The summed E-state index contributed by atoms with van der Waals surface area (Å²) in [7, 11) is 0. The Bertz CT molecular complexity index is 438. The molecule has 0 saturated heterocycles. The minimum atomic E-state index is -0.655. The van der Waals surface area contributed by atoms with Gasteiger partial charge in [0, 0.05) is 0 Å². The van der Waals surface area contributed by atoms with Crippen LogP contribution >= 0.6 is 12.2 Å². The molecular formula is C12H15FN2O2S. The predicted molar refractivity (Wildman–Crippen MR) is 71.9 cm³/mol. The fourth-order valence-corrected chi connectivity index (χ4v) is 1.28. The second-order valence-corrected chi connectivity index (χ2v) is 4.46. The van der Waals surface area contributed by atoms with Crippen LogP contribution in [0.3, 0.4) is 0 Å². The summed E-state index contributed by atoms with van der Waals surface area (Å²) in [6.45, 7) is 4.14. The summed E-state index contributed by atoms with van der Waals surface area (Å²) in [4.78, 5) is 11.3. The molecule has 0 aliphatic heterocycles. The van der Waals surface area contributed by atoms with E-state index in [0.29, 0.717) is 6.61 Å². The lowest BCUT2D eigenvalue weighted by Gasteiger charge is -2.11. The molecule has 0 atom stereocenters. The third-order valence-electron chi connectivity index (χ3n) is 1.89. The van der Waals surface area contributed by atoms with E-state index >= 15 is 0 Å². The molecule has 4 nitrogen and oxygen atoms in total. The van der Waals surface area contributed by atoms with Crippen LogP contribution in [-0.2, 0) is 4.74 Å². The van der Waals surface area contributed by atoms with Gasteiger partial charge in [0.1, 0.15) is 5.82 Å². The maximum atomic E-state index is 13.3. The first-order chi connectivity index (χ1) is 8.49. The van der Waals surface area contributed by atoms with Crippen molar-refractivity contribution >= 4 is 29.1 Å². The largest absolute Gasteiger partial charge is 0.449 e. The van der Waals surface area contributed by atoms with Crippen molar-refractivity contribution in [3.63, 3.8) is 0 Å². The van der Waals surface area contributed by atoms with Gasteiger partial charge in [0.25, 0.3) is 0 Å². The van der Waals surface area contributed by atoms with E-state index in [9.17, 15) is 9.18 Å². The average molecular weight is 270 g/mol. The van der Waals surface area contributed by atoms with Crippen molar-refractivity contribution in [2.75, 3.05) is 11.9 Å². The van der Waals surface area contributed by atoms with Gasteiger partial charge in [-0.15, -0.1) is 0 Å². The Morgan fingerprint density at radius 1 is 1.44 bits per heavy atom. The molecular weight excluding hydrogens is 255 g/mol. The molecule has 18 heavy (non-hydrogen) atoms. The Morgan fingerprint density at radius 2 is 2.11 bits per heavy atom. The predicted octanol–water partition coefficient (Wildman–Crippen LogP) is 2.90. The number of alkyl carbamates (subject to hydrolysis) is 1. The molecule has 98 valence electrons. The van der Waals surface area contributed by atoms with Gasteiger partial charge in [-0.1, -0.05) is 26.0 Å². The monoisotopic (exact) mass is 270 g/mol. The SMILES string of the molecule is CC(C)COC(=O)NC(=S)Nc1ccccc1F. The molecule has 0 bridgehead atoms. The summed E-state index contributed by atoms with van der Waals surface area (Å²) in [6.07, 6.45) is -0.655. The number of nitrogens with one attached hydrogen (secondary N) is 2. The van der Waals surface area contributed by atoms with E-state index < -0.39 is 11.9 Å². The summed E-state index contributed by atoms with van der Waals surface area (Å²) in [5.74, 6) is -0.207. The molecule has 0 aliphatic carbocycles. The molecule has 1 rings (SSSR count). The number of rotatable bonds is 3. The van der Waals surface area contributed by atoms with E-state index in [1.54, 1.807) is 12.1 Å². The maximum Gasteiger partial charge on any atom is 0.413 e. The minimum absolute atomic E-state index is 0.00569. The van der Waals surface area contributed by atoms with Gasteiger partial charge in [-0.2, -0.15) is 0 Å². The number of anilines is 1. The molecule has 0 aliphatic rings. The van der Waals surface area contributed by atoms with E-state index in [2.05, 4.69) is 10.6 Å². The number of amides is 1. The number of halogens is 1. The van der Waals surface area contributed by atoms with Crippen molar-refractivity contribution in [2.45, 2.75) is 13.8 Å². The third kappa shape index (κ3) is 5.09. The zero-order valence-corrected chi connectivity index (χ0v) is 11.0. The molecule has 0 spiro atoms. The molecule has 0 radical (unpaired) electrons. The highest BCUT2D eigenvalue weighted by molar-refractivity contribution is 7.80. The topological polar surface area (TPSA) is 50.4 Å². The quantitative estimate of drug-likeness (QED) is 0.829. The molecule has 1 amide bonds. The molecule has 0 saturated carbocycles. The zero-order chi connectivity index (χ0) is 13.5. The van der Waals surface area contributed by atoms with E-state index in [-0.39, 0.29) is 16.7 Å². The van der Waals surface area contributed by atoms with Crippen LogP contribution in [-0.4, -0.2) is 17.8 Å². The highest BCUT2D eigenvalue weighted by Crippen LogP contribution is 2.11. The lowest BCUT2D eigenvalue weighted by atomic mass is 10.2. The number of thiocarbonyl (C=S) groups is 1. The maximum absolute atomic E-state index is 13.3. The average Bonchev–Trinajstić information content (AvgIpc) is 2.29. The van der Waals surface area contributed by atoms with Crippen molar-refractivity contribution in [3.8, 4) is 0 Å².